The lowest BCUT2D eigenvalue weighted by Gasteiger charge is -2.30. The van der Waals surface area contributed by atoms with E-state index in [1.165, 1.54) is 25.7 Å². The zero-order valence-corrected chi connectivity index (χ0v) is 17.8. The number of hydrogen-bond acceptors (Lipinski definition) is 4. The zero-order chi connectivity index (χ0) is 17.4. The van der Waals surface area contributed by atoms with Crippen LogP contribution < -0.4 is 10.6 Å². The topological polar surface area (TPSA) is 64.7 Å². The molecule has 27 heavy (non-hydrogen) atoms. The number of likely N-dealkylation sites (tertiary alicyclic amines) is 2. The summed E-state index contributed by atoms with van der Waals surface area (Å²) in [6.45, 7) is 5.79. The van der Waals surface area contributed by atoms with Gasteiger partial charge >= 0.3 is 0 Å². The van der Waals surface area contributed by atoms with Crippen molar-refractivity contribution in [2.24, 2.45) is 5.92 Å². The molecule has 0 aromatic rings. The van der Waals surface area contributed by atoms with Crippen molar-refractivity contribution in [3.8, 4) is 0 Å². The number of hydrogen-bond donors (Lipinski definition) is 2. The number of carbonyl (C=O) groups excluding carboxylic acids is 2. The van der Waals surface area contributed by atoms with Gasteiger partial charge in [0.2, 0.25) is 11.8 Å². The third-order valence-electron chi connectivity index (χ3n) is 6.74. The lowest BCUT2D eigenvalue weighted by molar-refractivity contribution is -0.129. The standard InChI is InChI=1S/C19H32N4O2.2ClH/c1-2-22-7-3-4-17(22)12-23-11-13(8-18(23)24)19(25)21-16-9-14-5-6-15(10-16)20-14;;/h13-17,20H,2-12H2,1H3,(H,21,25);2*1H. The molecule has 2 bridgehead atoms. The number of fused-ring (bicyclic) bond motifs is 2. The molecule has 0 aliphatic carbocycles. The van der Waals surface area contributed by atoms with Crippen molar-refractivity contribution in [3.05, 3.63) is 0 Å². The van der Waals surface area contributed by atoms with E-state index >= 15 is 0 Å². The highest BCUT2D eigenvalue weighted by molar-refractivity contribution is 5.89. The largest absolute Gasteiger partial charge is 0.353 e. The van der Waals surface area contributed by atoms with E-state index in [4.69, 9.17) is 0 Å². The van der Waals surface area contributed by atoms with Gasteiger partial charge in [0.05, 0.1) is 5.92 Å². The van der Waals surface area contributed by atoms with E-state index in [1.807, 2.05) is 4.90 Å². The molecule has 4 rings (SSSR count). The number of nitrogens with one attached hydrogen (secondary N) is 2. The predicted molar refractivity (Wildman–Crippen MR) is 111 cm³/mol. The first-order chi connectivity index (χ1) is 12.1. The van der Waals surface area contributed by atoms with E-state index in [-0.39, 0.29) is 42.5 Å². The summed E-state index contributed by atoms with van der Waals surface area (Å²) in [7, 11) is 0. The summed E-state index contributed by atoms with van der Waals surface area (Å²) in [5.41, 5.74) is 0. The van der Waals surface area contributed by atoms with E-state index in [2.05, 4.69) is 22.5 Å². The number of piperidine rings is 1. The fourth-order valence-electron chi connectivity index (χ4n) is 5.39. The molecule has 4 unspecified atom stereocenters. The summed E-state index contributed by atoms with van der Waals surface area (Å²) in [6.07, 6.45) is 7.35. The molecule has 6 nitrogen and oxygen atoms in total. The van der Waals surface area contributed by atoms with Gasteiger partial charge in [-0.2, -0.15) is 0 Å². The van der Waals surface area contributed by atoms with Gasteiger partial charge in [0.15, 0.2) is 0 Å². The molecule has 8 heteroatoms. The third-order valence-corrected chi connectivity index (χ3v) is 6.74. The summed E-state index contributed by atoms with van der Waals surface area (Å²) < 4.78 is 0. The van der Waals surface area contributed by atoms with Crippen molar-refractivity contribution in [3.63, 3.8) is 0 Å². The summed E-state index contributed by atoms with van der Waals surface area (Å²) in [4.78, 5) is 29.5. The molecule has 4 atom stereocenters. The number of amides is 2. The molecular formula is C19H34Cl2N4O2. The van der Waals surface area contributed by atoms with Crippen LogP contribution in [-0.4, -0.2) is 72.0 Å². The van der Waals surface area contributed by atoms with Crippen molar-refractivity contribution in [1.29, 1.82) is 0 Å². The highest BCUT2D eigenvalue weighted by Crippen LogP contribution is 2.28. The molecule has 0 aromatic carbocycles. The highest BCUT2D eigenvalue weighted by Gasteiger charge is 2.39. The molecule has 4 aliphatic heterocycles. The number of rotatable bonds is 5. The van der Waals surface area contributed by atoms with Crippen LogP contribution in [0.15, 0.2) is 0 Å². The Morgan fingerprint density at radius 3 is 2.56 bits per heavy atom. The van der Waals surface area contributed by atoms with Gasteiger partial charge in [-0.3, -0.25) is 14.5 Å². The van der Waals surface area contributed by atoms with Crippen LogP contribution in [0, 0.1) is 5.92 Å². The summed E-state index contributed by atoms with van der Waals surface area (Å²) >= 11 is 0. The minimum Gasteiger partial charge on any atom is -0.353 e. The maximum atomic E-state index is 12.7. The lowest BCUT2D eigenvalue weighted by Crippen LogP contribution is -2.49. The second kappa shape index (κ2) is 9.77. The second-order valence-electron chi connectivity index (χ2n) is 8.44. The maximum Gasteiger partial charge on any atom is 0.225 e. The van der Waals surface area contributed by atoms with Gasteiger partial charge < -0.3 is 15.5 Å². The van der Waals surface area contributed by atoms with Crippen molar-refractivity contribution in [2.45, 2.75) is 76.0 Å². The van der Waals surface area contributed by atoms with Gasteiger partial charge in [-0.1, -0.05) is 6.92 Å². The normalized spacial score (nSPS) is 35.7. The minimum atomic E-state index is -0.156. The Balaban J connectivity index is 0.00000131. The second-order valence-corrected chi connectivity index (χ2v) is 8.44. The van der Waals surface area contributed by atoms with Crippen LogP contribution in [0.25, 0.3) is 0 Å². The minimum absolute atomic E-state index is 0. The Labute approximate surface area is 175 Å². The van der Waals surface area contributed by atoms with Crippen molar-refractivity contribution in [1.82, 2.24) is 20.4 Å². The van der Waals surface area contributed by atoms with E-state index in [0.717, 1.165) is 32.5 Å². The first-order valence-electron chi connectivity index (χ1n) is 10.2. The van der Waals surface area contributed by atoms with Gasteiger partial charge in [0, 0.05) is 43.7 Å². The molecule has 0 spiro atoms. The van der Waals surface area contributed by atoms with Crippen LogP contribution in [0.4, 0.5) is 0 Å². The number of nitrogens with zero attached hydrogens (tertiary/aromatic N) is 2. The van der Waals surface area contributed by atoms with Crippen molar-refractivity contribution in [2.75, 3.05) is 26.2 Å². The molecule has 156 valence electrons. The Bertz CT molecular complexity index is 524. The van der Waals surface area contributed by atoms with Gasteiger partial charge in [0.25, 0.3) is 0 Å². The lowest BCUT2D eigenvalue weighted by atomic mass is 9.98. The molecular weight excluding hydrogens is 387 g/mol. The Morgan fingerprint density at radius 2 is 1.89 bits per heavy atom. The van der Waals surface area contributed by atoms with Crippen LogP contribution in [-0.2, 0) is 9.59 Å². The predicted octanol–water partition coefficient (Wildman–Crippen LogP) is 1.56. The highest BCUT2D eigenvalue weighted by atomic mass is 35.5. The molecule has 0 saturated carbocycles. The number of carbonyl (C=O) groups is 2. The van der Waals surface area contributed by atoms with E-state index in [1.54, 1.807) is 0 Å². The van der Waals surface area contributed by atoms with Crippen LogP contribution >= 0.6 is 24.8 Å². The van der Waals surface area contributed by atoms with E-state index in [0.29, 0.717) is 37.1 Å². The Morgan fingerprint density at radius 1 is 1.19 bits per heavy atom. The fraction of sp³-hybridized carbons (Fsp3) is 0.895. The zero-order valence-electron chi connectivity index (χ0n) is 16.2. The van der Waals surface area contributed by atoms with Crippen LogP contribution in [0.2, 0.25) is 0 Å². The van der Waals surface area contributed by atoms with Crippen LogP contribution in [0.3, 0.4) is 0 Å². The first kappa shape index (κ1) is 22.7. The molecule has 0 radical (unpaired) electrons. The molecule has 4 saturated heterocycles. The fourth-order valence-corrected chi connectivity index (χ4v) is 5.39. The Kier molecular flexibility index (Phi) is 8.22. The summed E-state index contributed by atoms with van der Waals surface area (Å²) in [6, 6.07) is 1.93. The van der Waals surface area contributed by atoms with Gasteiger partial charge in [-0.15, -0.1) is 24.8 Å². The van der Waals surface area contributed by atoms with Gasteiger partial charge in [0.1, 0.15) is 0 Å². The number of halogens is 2. The third kappa shape index (κ3) is 5.08. The smallest absolute Gasteiger partial charge is 0.225 e. The molecule has 2 N–H and O–H groups in total. The van der Waals surface area contributed by atoms with Crippen LogP contribution in [0.5, 0.6) is 0 Å². The summed E-state index contributed by atoms with van der Waals surface area (Å²) in [5.74, 6) is 0.103. The van der Waals surface area contributed by atoms with Gasteiger partial charge in [-0.05, 0) is 51.6 Å². The molecule has 4 aliphatic rings. The summed E-state index contributed by atoms with van der Waals surface area (Å²) in [5, 5.41) is 6.86. The molecule has 4 fully saturated rings. The quantitative estimate of drug-likeness (QED) is 0.708. The SMILES string of the molecule is CCN1CCCC1CN1CC(C(=O)NC2CC3CCC(C2)N3)CC1=O.Cl.Cl. The molecule has 0 aromatic heterocycles. The average Bonchev–Trinajstić information content (AvgIpc) is 3.28. The van der Waals surface area contributed by atoms with Crippen LogP contribution in [0.1, 0.15) is 51.9 Å². The van der Waals surface area contributed by atoms with E-state index < -0.39 is 0 Å². The van der Waals surface area contributed by atoms with E-state index in [9.17, 15) is 9.59 Å². The van der Waals surface area contributed by atoms with Crippen molar-refractivity contribution >= 4 is 36.6 Å². The molecule has 4 heterocycles. The average molecular weight is 421 g/mol. The Hall–Kier alpha value is -0.560. The maximum absolute atomic E-state index is 12.7. The van der Waals surface area contributed by atoms with Crippen molar-refractivity contribution < 1.29 is 9.59 Å². The monoisotopic (exact) mass is 420 g/mol. The number of likely N-dealkylation sites (N-methyl/N-ethyl adjacent to an activating group) is 1. The molecule has 2 amide bonds. The first-order valence-corrected chi connectivity index (χ1v) is 10.2. The van der Waals surface area contributed by atoms with Gasteiger partial charge in [-0.25, -0.2) is 0 Å².